The van der Waals surface area contributed by atoms with E-state index in [1.54, 1.807) is 0 Å². The lowest BCUT2D eigenvalue weighted by Gasteiger charge is -2.36. The molecule has 1 aliphatic rings. The first-order chi connectivity index (χ1) is 11.2. The fraction of sp³-hybridized carbons (Fsp3) is 0.632. The highest BCUT2D eigenvalue weighted by Crippen LogP contribution is 2.27. The topological polar surface area (TPSA) is 41.6 Å². The summed E-state index contributed by atoms with van der Waals surface area (Å²) in [6.07, 6.45) is 1.81. The second-order valence-corrected chi connectivity index (χ2v) is 8.61. The monoisotopic (exact) mass is 396 g/mol. The maximum absolute atomic E-state index is 12.1. The van der Waals surface area contributed by atoms with Gasteiger partial charge in [-0.3, -0.25) is 0 Å². The maximum atomic E-state index is 12.1. The Labute approximate surface area is 154 Å². The number of amides is 1. The number of carbonyl (C=O) groups is 1. The molecule has 0 radical (unpaired) electrons. The first-order valence-electron chi connectivity index (χ1n) is 8.66. The number of nitrogens with one attached hydrogen (secondary N) is 1. The van der Waals surface area contributed by atoms with Gasteiger partial charge in [0, 0.05) is 29.3 Å². The number of rotatable bonds is 3. The highest BCUT2D eigenvalue weighted by atomic mass is 79.9. The smallest absolute Gasteiger partial charge is 0.410 e. The Morgan fingerprint density at radius 1 is 1.33 bits per heavy atom. The molecule has 1 fully saturated rings. The standard InChI is InChI=1S/C19H29BrN2O2/c1-13-6-7-16(20)12-17(13)21-14(2)15-8-10-22(11-9-15)18(23)24-19(3,4)5/h6-7,12,14-15,21H,8-11H2,1-5H3. The predicted octanol–water partition coefficient (Wildman–Crippen LogP) is 5.21. The lowest BCUT2D eigenvalue weighted by atomic mass is 9.90. The summed E-state index contributed by atoms with van der Waals surface area (Å²) in [7, 11) is 0. The van der Waals surface area contributed by atoms with Crippen LogP contribution in [0.15, 0.2) is 22.7 Å². The fourth-order valence-corrected chi connectivity index (χ4v) is 3.38. The van der Waals surface area contributed by atoms with Gasteiger partial charge in [-0.05, 0) is 71.1 Å². The van der Waals surface area contributed by atoms with Crippen molar-refractivity contribution < 1.29 is 9.53 Å². The van der Waals surface area contributed by atoms with Crippen LogP contribution >= 0.6 is 15.9 Å². The fourth-order valence-electron chi connectivity index (χ4n) is 3.02. The number of aryl methyl sites for hydroxylation is 1. The van der Waals surface area contributed by atoms with E-state index in [4.69, 9.17) is 4.74 Å². The Morgan fingerprint density at radius 3 is 2.54 bits per heavy atom. The van der Waals surface area contributed by atoms with E-state index < -0.39 is 5.60 Å². The molecular formula is C19H29BrN2O2. The zero-order chi connectivity index (χ0) is 17.9. The van der Waals surface area contributed by atoms with Crippen molar-refractivity contribution in [2.45, 2.75) is 59.1 Å². The molecule has 0 saturated carbocycles. The SMILES string of the molecule is Cc1ccc(Br)cc1NC(C)C1CCN(C(=O)OC(C)(C)C)CC1. The van der Waals surface area contributed by atoms with E-state index in [1.165, 1.54) is 11.3 Å². The van der Waals surface area contributed by atoms with Gasteiger partial charge in [0.25, 0.3) is 0 Å². The van der Waals surface area contributed by atoms with Crippen molar-refractivity contribution in [3.05, 3.63) is 28.2 Å². The number of ether oxygens (including phenoxy) is 1. The Kier molecular flexibility index (Phi) is 6.18. The molecule has 4 nitrogen and oxygen atoms in total. The second kappa shape index (κ2) is 7.77. The zero-order valence-electron chi connectivity index (χ0n) is 15.4. The van der Waals surface area contributed by atoms with Gasteiger partial charge in [-0.1, -0.05) is 22.0 Å². The molecule has 1 amide bonds. The second-order valence-electron chi connectivity index (χ2n) is 7.70. The van der Waals surface area contributed by atoms with Gasteiger partial charge in [-0.2, -0.15) is 0 Å². The lowest BCUT2D eigenvalue weighted by molar-refractivity contribution is 0.0179. The number of piperidine rings is 1. The van der Waals surface area contributed by atoms with Gasteiger partial charge >= 0.3 is 6.09 Å². The summed E-state index contributed by atoms with van der Waals surface area (Å²) in [6, 6.07) is 6.68. The molecule has 134 valence electrons. The number of carbonyl (C=O) groups excluding carboxylic acids is 1. The van der Waals surface area contributed by atoms with Crippen molar-refractivity contribution in [1.82, 2.24) is 4.90 Å². The highest BCUT2D eigenvalue weighted by molar-refractivity contribution is 9.10. The van der Waals surface area contributed by atoms with Gasteiger partial charge in [0.15, 0.2) is 0 Å². The molecule has 1 N–H and O–H groups in total. The molecule has 1 unspecified atom stereocenters. The number of halogens is 1. The third kappa shape index (κ3) is 5.40. The van der Waals surface area contributed by atoms with Crippen LogP contribution in [0.3, 0.4) is 0 Å². The molecule has 0 bridgehead atoms. The van der Waals surface area contributed by atoms with E-state index in [2.05, 4.69) is 53.3 Å². The molecule has 5 heteroatoms. The predicted molar refractivity (Wildman–Crippen MR) is 102 cm³/mol. The van der Waals surface area contributed by atoms with E-state index in [1.807, 2.05) is 25.7 Å². The average Bonchev–Trinajstić information content (AvgIpc) is 2.49. The molecule has 1 aromatic rings. The molecule has 1 aliphatic heterocycles. The summed E-state index contributed by atoms with van der Waals surface area (Å²) in [5.74, 6) is 0.557. The lowest BCUT2D eigenvalue weighted by Crippen LogP contribution is -2.44. The Hall–Kier alpha value is -1.23. The third-order valence-electron chi connectivity index (χ3n) is 4.48. The van der Waals surface area contributed by atoms with E-state index >= 15 is 0 Å². The quantitative estimate of drug-likeness (QED) is 0.762. The van der Waals surface area contributed by atoms with E-state index in [0.29, 0.717) is 12.0 Å². The van der Waals surface area contributed by atoms with E-state index in [0.717, 1.165) is 30.4 Å². The minimum Gasteiger partial charge on any atom is -0.444 e. The van der Waals surface area contributed by atoms with Crippen LogP contribution in [0.2, 0.25) is 0 Å². The summed E-state index contributed by atoms with van der Waals surface area (Å²) in [4.78, 5) is 14.0. The number of likely N-dealkylation sites (tertiary alicyclic amines) is 1. The molecule has 0 aliphatic carbocycles. The molecule has 24 heavy (non-hydrogen) atoms. The van der Waals surface area contributed by atoms with Crippen LogP contribution in [0.5, 0.6) is 0 Å². The van der Waals surface area contributed by atoms with Gasteiger partial charge < -0.3 is 15.0 Å². The summed E-state index contributed by atoms with van der Waals surface area (Å²) in [6.45, 7) is 11.6. The minimum absolute atomic E-state index is 0.190. The van der Waals surface area contributed by atoms with Crippen LogP contribution in [0.4, 0.5) is 10.5 Å². The maximum Gasteiger partial charge on any atom is 0.410 e. The zero-order valence-corrected chi connectivity index (χ0v) is 16.9. The summed E-state index contributed by atoms with van der Waals surface area (Å²) < 4.78 is 6.55. The Bertz CT molecular complexity index is 575. The molecule has 0 spiro atoms. The van der Waals surface area contributed by atoms with Crippen molar-refractivity contribution in [2.24, 2.45) is 5.92 Å². The summed E-state index contributed by atoms with van der Waals surface area (Å²) in [5, 5.41) is 3.64. The molecule has 1 atom stereocenters. The first-order valence-corrected chi connectivity index (χ1v) is 9.45. The van der Waals surface area contributed by atoms with Gasteiger partial charge in [-0.25, -0.2) is 4.79 Å². The third-order valence-corrected chi connectivity index (χ3v) is 4.97. The van der Waals surface area contributed by atoms with Crippen molar-refractivity contribution in [2.75, 3.05) is 18.4 Å². The minimum atomic E-state index is -0.430. The largest absolute Gasteiger partial charge is 0.444 e. The highest BCUT2D eigenvalue weighted by Gasteiger charge is 2.29. The Balaban J connectivity index is 1.87. The molecule has 1 heterocycles. The first kappa shape index (κ1) is 19.1. The van der Waals surface area contributed by atoms with Crippen LogP contribution in [0.1, 0.15) is 46.1 Å². The van der Waals surface area contributed by atoms with E-state index in [9.17, 15) is 4.79 Å². The molecule has 1 aromatic carbocycles. The normalized spacial score (nSPS) is 17.5. The van der Waals surface area contributed by atoms with Gasteiger partial charge in [0.2, 0.25) is 0 Å². The average molecular weight is 397 g/mol. The number of hydrogen-bond acceptors (Lipinski definition) is 3. The number of anilines is 1. The van der Waals surface area contributed by atoms with E-state index in [-0.39, 0.29) is 6.09 Å². The Morgan fingerprint density at radius 2 is 1.96 bits per heavy atom. The van der Waals surface area contributed by atoms with Crippen molar-refractivity contribution in [3.63, 3.8) is 0 Å². The van der Waals surface area contributed by atoms with Crippen molar-refractivity contribution in [1.29, 1.82) is 0 Å². The number of nitrogens with zero attached hydrogens (tertiary/aromatic N) is 1. The van der Waals surface area contributed by atoms with Crippen LogP contribution in [-0.4, -0.2) is 35.7 Å². The molecule has 0 aromatic heterocycles. The van der Waals surface area contributed by atoms with Crippen molar-refractivity contribution in [3.8, 4) is 0 Å². The van der Waals surface area contributed by atoms with Gasteiger partial charge in [0.05, 0.1) is 0 Å². The van der Waals surface area contributed by atoms with Crippen LogP contribution in [0, 0.1) is 12.8 Å². The molecule has 1 saturated heterocycles. The van der Waals surface area contributed by atoms with Gasteiger partial charge in [0.1, 0.15) is 5.60 Å². The summed E-state index contributed by atoms with van der Waals surface area (Å²) in [5.41, 5.74) is 1.99. The van der Waals surface area contributed by atoms with Gasteiger partial charge in [-0.15, -0.1) is 0 Å². The molecule has 2 rings (SSSR count). The molecular weight excluding hydrogens is 368 g/mol. The van der Waals surface area contributed by atoms with Crippen molar-refractivity contribution >= 4 is 27.7 Å². The van der Waals surface area contributed by atoms with Crippen LogP contribution in [0.25, 0.3) is 0 Å². The number of benzene rings is 1. The van der Waals surface area contributed by atoms with Crippen LogP contribution in [-0.2, 0) is 4.74 Å². The summed E-state index contributed by atoms with van der Waals surface area (Å²) >= 11 is 3.53. The van der Waals surface area contributed by atoms with Crippen LogP contribution < -0.4 is 5.32 Å². The number of hydrogen-bond donors (Lipinski definition) is 1.